The first kappa shape index (κ1) is 20.1. The van der Waals surface area contributed by atoms with Gasteiger partial charge in [-0.3, -0.25) is 9.78 Å². The molecule has 1 aliphatic heterocycles. The Kier molecular flexibility index (Phi) is 6.18. The zero-order valence-corrected chi connectivity index (χ0v) is 16.8. The van der Waals surface area contributed by atoms with Crippen LogP contribution in [-0.2, 0) is 11.2 Å². The molecule has 150 valence electrons. The van der Waals surface area contributed by atoms with Gasteiger partial charge in [-0.15, -0.1) is 5.10 Å². The van der Waals surface area contributed by atoms with Crippen molar-refractivity contribution in [1.29, 1.82) is 0 Å². The lowest BCUT2D eigenvalue weighted by Gasteiger charge is -2.33. The first-order valence-corrected chi connectivity index (χ1v) is 9.82. The lowest BCUT2D eigenvalue weighted by atomic mass is 9.83. The van der Waals surface area contributed by atoms with E-state index in [-0.39, 0.29) is 5.92 Å². The second kappa shape index (κ2) is 8.60. The van der Waals surface area contributed by atoms with E-state index in [1.54, 1.807) is 0 Å². The van der Waals surface area contributed by atoms with Crippen molar-refractivity contribution >= 4 is 11.5 Å². The van der Waals surface area contributed by atoms with Gasteiger partial charge in [0.15, 0.2) is 5.82 Å². The van der Waals surface area contributed by atoms with E-state index in [2.05, 4.69) is 45.8 Å². The largest absolute Gasteiger partial charge is 0.481 e. The summed E-state index contributed by atoms with van der Waals surface area (Å²) >= 11 is 0. The third kappa shape index (κ3) is 4.81. The number of likely N-dealkylation sites (N-methyl/N-ethyl adjacent to an activating group) is 1. The molecule has 0 spiro atoms. The minimum atomic E-state index is -0.819. The number of carboxylic acid groups (broad SMARTS) is 1. The molecular weight excluding hydrogens is 356 g/mol. The lowest BCUT2D eigenvalue weighted by molar-refractivity contribution is -0.883. The number of carboxylic acids is 1. The topological polar surface area (TPSA) is 105 Å². The summed E-state index contributed by atoms with van der Waals surface area (Å²) in [6.45, 7) is 4.10. The molecular formula is C20H29N6O2+. The van der Waals surface area contributed by atoms with E-state index in [0.717, 1.165) is 41.7 Å². The van der Waals surface area contributed by atoms with Gasteiger partial charge in [-0.05, 0) is 34.9 Å². The predicted octanol–water partition coefficient (Wildman–Crippen LogP) is 2.29. The molecule has 0 saturated heterocycles. The van der Waals surface area contributed by atoms with Gasteiger partial charge in [0, 0.05) is 24.1 Å². The molecule has 3 heterocycles. The number of H-pyrrole nitrogens is 1. The Labute approximate surface area is 165 Å². The molecule has 0 fully saturated rings. The zero-order chi connectivity index (χ0) is 20.1. The molecule has 8 nitrogen and oxygen atoms in total. The molecule has 0 aliphatic carbocycles. The highest BCUT2D eigenvalue weighted by Gasteiger charge is 2.31. The lowest BCUT2D eigenvalue weighted by Crippen LogP contribution is -2.43. The summed E-state index contributed by atoms with van der Waals surface area (Å²) in [5.74, 6) is -1.16. The second-order valence-electron chi connectivity index (χ2n) is 8.22. The summed E-state index contributed by atoms with van der Waals surface area (Å²) in [7, 11) is 4.47. The molecule has 2 N–H and O–H groups in total. The SMILES string of the molecule is CCC[C@H](C(=O)O)[C@H](Cc1ccc(C2=CCC[N+](C)(C)C2)nc1)c1nnn[nH]1. The van der Waals surface area contributed by atoms with E-state index in [9.17, 15) is 9.90 Å². The van der Waals surface area contributed by atoms with E-state index >= 15 is 0 Å². The van der Waals surface area contributed by atoms with Gasteiger partial charge < -0.3 is 9.59 Å². The number of nitrogens with one attached hydrogen (secondary N) is 1. The van der Waals surface area contributed by atoms with Crippen LogP contribution in [0.1, 0.15) is 49.2 Å². The zero-order valence-electron chi connectivity index (χ0n) is 16.8. The summed E-state index contributed by atoms with van der Waals surface area (Å²) in [6, 6.07) is 4.08. The first-order chi connectivity index (χ1) is 13.4. The van der Waals surface area contributed by atoms with E-state index < -0.39 is 11.9 Å². The maximum Gasteiger partial charge on any atom is 0.307 e. The monoisotopic (exact) mass is 385 g/mol. The number of carbonyl (C=O) groups is 1. The van der Waals surface area contributed by atoms with Crippen molar-refractivity contribution in [1.82, 2.24) is 25.6 Å². The Bertz CT molecular complexity index is 814. The van der Waals surface area contributed by atoms with E-state index in [0.29, 0.717) is 18.7 Å². The molecule has 0 unspecified atom stereocenters. The van der Waals surface area contributed by atoms with Crippen molar-refractivity contribution in [3.8, 4) is 0 Å². The molecule has 0 saturated carbocycles. The number of pyridine rings is 1. The molecule has 28 heavy (non-hydrogen) atoms. The highest BCUT2D eigenvalue weighted by Crippen LogP contribution is 2.30. The van der Waals surface area contributed by atoms with Gasteiger partial charge in [0.2, 0.25) is 0 Å². The Morgan fingerprint density at radius 2 is 2.18 bits per heavy atom. The van der Waals surface area contributed by atoms with E-state index in [1.807, 2.05) is 25.3 Å². The number of aliphatic carboxylic acids is 1. The minimum absolute atomic E-state index is 0.315. The average molecular weight is 385 g/mol. The number of quaternary nitrogens is 1. The van der Waals surface area contributed by atoms with Crippen molar-refractivity contribution in [2.24, 2.45) is 5.92 Å². The summed E-state index contributed by atoms with van der Waals surface area (Å²) < 4.78 is 0.965. The van der Waals surface area contributed by atoms with Crippen molar-refractivity contribution in [3.63, 3.8) is 0 Å². The maximum atomic E-state index is 11.8. The number of hydrogen-bond acceptors (Lipinski definition) is 5. The summed E-state index contributed by atoms with van der Waals surface area (Å²) in [4.78, 5) is 16.5. The van der Waals surface area contributed by atoms with Gasteiger partial charge >= 0.3 is 5.97 Å². The highest BCUT2D eigenvalue weighted by atomic mass is 16.4. The van der Waals surface area contributed by atoms with Gasteiger partial charge in [-0.25, -0.2) is 5.10 Å². The van der Waals surface area contributed by atoms with Crippen LogP contribution < -0.4 is 0 Å². The van der Waals surface area contributed by atoms with Crippen molar-refractivity contribution in [2.45, 2.75) is 38.5 Å². The van der Waals surface area contributed by atoms with Crippen LogP contribution in [0.3, 0.4) is 0 Å². The molecule has 0 aromatic carbocycles. The predicted molar refractivity (Wildman–Crippen MR) is 105 cm³/mol. The van der Waals surface area contributed by atoms with Crippen molar-refractivity contribution in [2.75, 3.05) is 27.2 Å². The van der Waals surface area contributed by atoms with Gasteiger partial charge in [0.1, 0.15) is 6.54 Å². The van der Waals surface area contributed by atoms with Crippen LogP contribution in [0.2, 0.25) is 0 Å². The maximum absolute atomic E-state index is 11.8. The Morgan fingerprint density at radius 1 is 1.36 bits per heavy atom. The standard InChI is InChI=1S/C20H28N6O2/c1-4-6-16(20(27)28)17(19-22-24-25-23-19)11-14-8-9-18(21-12-14)15-7-5-10-26(2,3)13-15/h7-9,12,16-17H,4-6,10-11,13H2,1-3H3,(H-,22,23,24,25,27,28)/p+1/t16-,17-/m0/s1. The Morgan fingerprint density at radius 3 is 2.75 bits per heavy atom. The summed E-state index contributed by atoms with van der Waals surface area (Å²) in [6.07, 6.45) is 7.08. The highest BCUT2D eigenvalue weighted by molar-refractivity contribution is 5.71. The van der Waals surface area contributed by atoms with Crippen LogP contribution in [0.25, 0.3) is 5.57 Å². The van der Waals surface area contributed by atoms with Gasteiger partial charge in [0.05, 0.1) is 32.3 Å². The first-order valence-electron chi connectivity index (χ1n) is 9.82. The number of rotatable bonds is 8. The molecule has 0 radical (unpaired) electrons. The Hall–Kier alpha value is -2.61. The van der Waals surface area contributed by atoms with E-state index in [4.69, 9.17) is 0 Å². The normalized spacial score (nSPS) is 18.3. The Balaban J connectivity index is 1.80. The van der Waals surface area contributed by atoms with Crippen molar-refractivity contribution < 1.29 is 14.4 Å². The minimum Gasteiger partial charge on any atom is -0.481 e. The fourth-order valence-corrected chi connectivity index (χ4v) is 3.93. The van der Waals surface area contributed by atoms with Crippen molar-refractivity contribution in [3.05, 3.63) is 41.5 Å². The second-order valence-corrected chi connectivity index (χ2v) is 8.22. The molecule has 0 bridgehead atoms. The third-order valence-electron chi connectivity index (χ3n) is 5.45. The number of hydrogen-bond donors (Lipinski definition) is 2. The number of nitrogens with zero attached hydrogens (tertiary/aromatic N) is 5. The number of aromatic amines is 1. The summed E-state index contributed by atoms with van der Waals surface area (Å²) in [5.41, 5.74) is 3.25. The fraction of sp³-hybridized carbons (Fsp3) is 0.550. The smallest absolute Gasteiger partial charge is 0.307 e. The number of aromatic nitrogens is 5. The van der Waals surface area contributed by atoms with Crippen LogP contribution in [0, 0.1) is 5.92 Å². The van der Waals surface area contributed by atoms with Gasteiger partial charge in [0.25, 0.3) is 0 Å². The molecule has 2 aromatic heterocycles. The molecule has 8 heteroatoms. The third-order valence-corrected chi connectivity index (χ3v) is 5.45. The van der Waals surface area contributed by atoms with Crippen LogP contribution in [0.15, 0.2) is 24.4 Å². The van der Waals surface area contributed by atoms with E-state index in [1.165, 1.54) is 5.57 Å². The van der Waals surface area contributed by atoms with Gasteiger partial charge in [-0.1, -0.05) is 25.5 Å². The van der Waals surface area contributed by atoms with Crippen LogP contribution in [0.4, 0.5) is 0 Å². The van der Waals surface area contributed by atoms with Crippen LogP contribution in [0.5, 0.6) is 0 Å². The fourth-order valence-electron chi connectivity index (χ4n) is 3.93. The molecule has 2 atom stereocenters. The molecule has 0 amide bonds. The summed E-state index contributed by atoms with van der Waals surface area (Å²) in [5, 5.41) is 23.7. The average Bonchev–Trinajstić information content (AvgIpc) is 3.18. The van der Waals surface area contributed by atoms with Gasteiger partial charge in [-0.2, -0.15) is 0 Å². The molecule has 1 aliphatic rings. The van der Waals surface area contributed by atoms with Crippen LogP contribution >= 0.6 is 0 Å². The molecule has 3 rings (SSSR count). The molecule has 2 aromatic rings. The van der Waals surface area contributed by atoms with Crippen LogP contribution in [-0.4, -0.2) is 68.4 Å². The number of tetrazole rings is 1. The quantitative estimate of drug-likeness (QED) is 0.676.